The lowest BCUT2D eigenvalue weighted by Crippen LogP contribution is -2.72. The van der Waals surface area contributed by atoms with Crippen LogP contribution < -0.4 is 4.74 Å². The molecule has 3 heteroatoms. The number of rotatable bonds is 3. The minimum atomic E-state index is -0.549. The molecule has 3 atom stereocenters. The first kappa shape index (κ1) is 16.1. The third kappa shape index (κ3) is 2.18. The summed E-state index contributed by atoms with van der Waals surface area (Å²) in [4.78, 5) is 2.67. The number of nitrogens with zero attached hydrogens (tertiary/aromatic N) is 1. The highest BCUT2D eigenvalue weighted by Crippen LogP contribution is 2.58. The highest BCUT2D eigenvalue weighted by molar-refractivity contribution is 5.48. The van der Waals surface area contributed by atoms with E-state index in [0.717, 1.165) is 43.9 Å². The van der Waals surface area contributed by atoms with Gasteiger partial charge in [0.05, 0.1) is 12.7 Å². The fourth-order valence-corrected chi connectivity index (χ4v) is 6.44. The van der Waals surface area contributed by atoms with Crippen molar-refractivity contribution in [2.24, 2.45) is 5.92 Å². The molecule has 1 saturated heterocycles. The molecular formula is C22H31NO2. The van der Waals surface area contributed by atoms with Gasteiger partial charge in [0, 0.05) is 18.0 Å². The zero-order valence-corrected chi connectivity index (χ0v) is 15.5. The molecule has 1 heterocycles. The van der Waals surface area contributed by atoms with Crippen molar-refractivity contribution in [3.63, 3.8) is 0 Å². The second-order valence-corrected chi connectivity index (χ2v) is 9.00. The largest absolute Gasteiger partial charge is 0.497 e. The summed E-state index contributed by atoms with van der Waals surface area (Å²) >= 11 is 0. The summed E-state index contributed by atoms with van der Waals surface area (Å²) in [7, 11) is 1.75. The Bertz CT molecular complexity index is 670. The van der Waals surface area contributed by atoms with Crippen LogP contribution in [0.2, 0.25) is 0 Å². The number of ether oxygens (including phenoxy) is 1. The Labute approximate surface area is 151 Å². The molecule has 0 amide bonds. The first-order chi connectivity index (χ1) is 12.2. The molecule has 4 aliphatic rings. The van der Waals surface area contributed by atoms with Crippen LogP contribution in [0.5, 0.6) is 5.75 Å². The lowest BCUT2D eigenvalue weighted by Gasteiger charge is -2.64. The van der Waals surface area contributed by atoms with Crippen molar-refractivity contribution in [2.45, 2.75) is 74.8 Å². The van der Waals surface area contributed by atoms with Gasteiger partial charge in [-0.15, -0.1) is 0 Å². The van der Waals surface area contributed by atoms with Gasteiger partial charge in [-0.3, -0.25) is 4.90 Å². The van der Waals surface area contributed by atoms with E-state index in [1.165, 1.54) is 49.8 Å². The second-order valence-electron chi connectivity index (χ2n) is 9.00. The highest BCUT2D eigenvalue weighted by Gasteiger charge is 2.63. The van der Waals surface area contributed by atoms with E-state index in [4.69, 9.17) is 4.74 Å². The van der Waals surface area contributed by atoms with E-state index >= 15 is 0 Å². The molecule has 0 unspecified atom stereocenters. The van der Waals surface area contributed by atoms with Crippen molar-refractivity contribution in [2.75, 3.05) is 20.2 Å². The Balaban J connectivity index is 1.58. The van der Waals surface area contributed by atoms with Crippen LogP contribution in [0, 0.1) is 5.92 Å². The van der Waals surface area contributed by atoms with Gasteiger partial charge in [0.1, 0.15) is 5.75 Å². The molecule has 1 aromatic rings. The lowest BCUT2D eigenvalue weighted by atomic mass is 9.49. The van der Waals surface area contributed by atoms with Gasteiger partial charge in [-0.1, -0.05) is 25.3 Å². The zero-order valence-electron chi connectivity index (χ0n) is 15.5. The first-order valence-corrected chi connectivity index (χ1v) is 10.3. The Hall–Kier alpha value is -1.06. The average Bonchev–Trinajstić information content (AvgIpc) is 2.59. The molecule has 25 heavy (non-hydrogen) atoms. The summed E-state index contributed by atoms with van der Waals surface area (Å²) < 4.78 is 5.53. The summed E-state index contributed by atoms with van der Waals surface area (Å²) in [6, 6.07) is 6.92. The van der Waals surface area contributed by atoms with Crippen molar-refractivity contribution in [3.8, 4) is 5.75 Å². The molecular weight excluding hydrogens is 310 g/mol. The lowest BCUT2D eigenvalue weighted by molar-refractivity contribution is -0.169. The van der Waals surface area contributed by atoms with Crippen LogP contribution in [-0.4, -0.2) is 41.8 Å². The van der Waals surface area contributed by atoms with E-state index in [9.17, 15) is 5.11 Å². The molecule has 1 N–H and O–H groups in total. The van der Waals surface area contributed by atoms with Crippen LogP contribution in [0.25, 0.3) is 0 Å². The monoisotopic (exact) mass is 341 g/mol. The fourth-order valence-electron chi connectivity index (χ4n) is 6.44. The van der Waals surface area contributed by atoms with Crippen LogP contribution in [0.3, 0.4) is 0 Å². The van der Waals surface area contributed by atoms with Gasteiger partial charge in [0.2, 0.25) is 0 Å². The maximum absolute atomic E-state index is 12.1. The van der Waals surface area contributed by atoms with E-state index in [1.54, 1.807) is 7.11 Å². The van der Waals surface area contributed by atoms with Crippen LogP contribution in [0.1, 0.15) is 62.5 Å². The van der Waals surface area contributed by atoms with Gasteiger partial charge in [-0.05, 0) is 74.2 Å². The molecule has 1 aliphatic heterocycles. The maximum Gasteiger partial charge on any atom is 0.119 e. The summed E-state index contributed by atoms with van der Waals surface area (Å²) in [6.07, 6.45) is 10.8. The topological polar surface area (TPSA) is 32.7 Å². The third-order valence-electron chi connectivity index (χ3n) is 8.02. The van der Waals surface area contributed by atoms with Gasteiger partial charge in [-0.2, -0.15) is 0 Å². The molecule has 0 radical (unpaired) electrons. The van der Waals surface area contributed by atoms with Gasteiger partial charge in [0.25, 0.3) is 0 Å². The van der Waals surface area contributed by atoms with E-state index in [-0.39, 0.29) is 5.41 Å². The fraction of sp³-hybridized carbons (Fsp3) is 0.727. The molecule has 3 nitrogen and oxygen atoms in total. The summed E-state index contributed by atoms with van der Waals surface area (Å²) in [5.41, 5.74) is 2.25. The van der Waals surface area contributed by atoms with Crippen molar-refractivity contribution >= 4 is 0 Å². The van der Waals surface area contributed by atoms with Gasteiger partial charge in [0.15, 0.2) is 0 Å². The number of fused-ring (bicyclic) bond motifs is 1. The van der Waals surface area contributed by atoms with Crippen molar-refractivity contribution in [1.29, 1.82) is 0 Å². The first-order valence-electron chi connectivity index (χ1n) is 10.3. The number of likely N-dealkylation sites (tertiary alicyclic amines) is 1. The number of piperidine rings is 1. The van der Waals surface area contributed by atoms with Crippen LogP contribution in [-0.2, 0) is 11.8 Å². The third-order valence-corrected chi connectivity index (χ3v) is 8.02. The zero-order chi connectivity index (χ0) is 17.1. The Morgan fingerprint density at radius 1 is 1.16 bits per heavy atom. The van der Waals surface area contributed by atoms with E-state index in [2.05, 4.69) is 23.1 Å². The average molecular weight is 341 g/mol. The summed E-state index contributed by atoms with van der Waals surface area (Å²) in [6.45, 7) is 2.36. The predicted molar refractivity (Wildman–Crippen MR) is 99.1 cm³/mol. The van der Waals surface area contributed by atoms with Crippen molar-refractivity contribution < 1.29 is 9.84 Å². The second kappa shape index (κ2) is 5.72. The van der Waals surface area contributed by atoms with Crippen LogP contribution >= 0.6 is 0 Å². The van der Waals surface area contributed by atoms with Gasteiger partial charge < -0.3 is 9.84 Å². The molecule has 136 valence electrons. The standard InChI is InChI=1S/C22H31NO2/c1-25-18-8-7-17-13-20-22(24)10-3-2-9-21(22,19(17)14-18)11-12-23(20)15-16-5-4-6-16/h7-8,14,16,20,24H,2-6,9-13,15H2,1H3/t20-,21+,22-/m0/s1. The van der Waals surface area contributed by atoms with E-state index in [0.29, 0.717) is 6.04 Å². The molecule has 2 saturated carbocycles. The Morgan fingerprint density at radius 2 is 2.00 bits per heavy atom. The Kier molecular flexibility index (Phi) is 3.69. The molecule has 1 aromatic carbocycles. The number of methoxy groups -OCH3 is 1. The number of aliphatic hydroxyl groups is 1. The molecule has 5 rings (SSSR count). The molecule has 3 fully saturated rings. The highest BCUT2D eigenvalue weighted by atomic mass is 16.5. The maximum atomic E-state index is 12.1. The van der Waals surface area contributed by atoms with Gasteiger partial charge in [-0.25, -0.2) is 0 Å². The summed E-state index contributed by atoms with van der Waals surface area (Å²) in [5.74, 6) is 1.81. The van der Waals surface area contributed by atoms with Crippen molar-refractivity contribution in [3.05, 3.63) is 29.3 Å². The van der Waals surface area contributed by atoms with Crippen LogP contribution in [0.15, 0.2) is 18.2 Å². The molecule has 3 aliphatic carbocycles. The molecule has 0 aromatic heterocycles. The number of hydrogen-bond donors (Lipinski definition) is 1. The van der Waals surface area contributed by atoms with Gasteiger partial charge >= 0.3 is 0 Å². The SMILES string of the molecule is COc1ccc2c(c1)[C@]13CCCC[C@]1(O)[C@H](C2)N(CC1CCC1)CC3. The normalized spacial score (nSPS) is 37.8. The minimum absolute atomic E-state index is 0.0475. The van der Waals surface area contributed by atoms with Crippen molar-refractivity contribution in [1.82, 2.24) is 4.90 Å². The predicted octanol–water partition coefficient (Wildman–Crippen LogP) is 3.67. The van der Waals surface area contributed by atoms with E-state index < -0.39 is 5.60 Å². The number of hydrogen-bond acceptors (Lipinski definition) is 3. The molecule has 2 bridgehead atoms. The molecule has 0 spiro atoms. The van der Waals surface area contributed by atoms with E-state index in [1.807, 2.05) is 0 Å². The minimum Gasteiger partial charge on any atom is -0.497 e. The van der Waals surface area contributed by atoms with Crippen LogP contribution in [0.4, 0.5) is 0 Å². The summed E-state index contributed by atoms with van der Waals surface area (Å²) in [5, 5.41) is 12.1. The quantitative estimate of drug-likeness (QED) is 0.910. The Morgan fingerprint density at radius 3 is 2.76 bits per heavy atom. The smallest absolute Gasteiger partial charge is 0.119 e. The number of benzene rings is 1.